The summed E-state index contributed by atoms with van der Waals surface area (Å²) in [4.78, 5) is 10.4. The Morgan fingerprint density at radius 3 is 2.58 bits per heavy atom. The Balaban J connectivity index is 1.92. The van der Waals surface area contributed by atoms with Crippen molar-refractivity contribution in [1.82, 2.24) is 0 Å². The maximum atomic E-state index is 12.9. The second kappa shape index (κ2) is 9.73. The Hall–Kier alpha value is -1.86. The molecule has 0 amide bonds. The second-order valence-corrected chi connectivity index (χ2v) is 6.28. The van der Waals surface area contributed by atoms with Gasteiger partial charge >= 0.3 is 12.1 Å². The highest BCUT2D eigenvalue weighted by Crippen LogP contribution is 2.39. The van der Waals surface area contributed by atoms with Crippen LogP contribution in [-0.4, -0.2) is 30.1 Å². The first-order valence-electron chi connectivity index (χ1n) is 8.63. The van der Waals surface area contributed by atoms with Gasteiger partial charge in [-0.15, -0.1) is 0 Å². The molecular formula is C19H23F3O4. The van der Waals surface area contributed by atoms with Gasteiger partial charge in [0.15, 0.2) is 0 Å². The van der Waals surface area contributed by atoms with E-state index < -0.39 is 24.5 Å². The zero-order valence-corrected chi connectivity index (χ0v) is 14.3. The molecule has 3 atom stereocenters. The molecule has 4 nitrogen and oxygen atoms in total. The first-order chi connectivity index (χ1) is 12.4. The topological polar surface area (TPSA) is 55.8 Å². The Bertz CT molecular complexity index is 586. The van der Waals surface area contributed by atoms with Crippen molar-refractivity contribution in [3.63, 3.8) is 0 Å². The molecule has 0 radical (unpaired) electrons. The molecule has 144 valence electrons. The number of carboxylic acid groups (broad SMARTS) is 1. The summed E-state index contributed by atoms with van der Waals surface area (Å²) in [6.07, 6.45) is -0.829. The number of halogens is 3. The van der Waals surface area contributed by atoms with Crippen molar-refractivity contribution < 1.29 is 32.5 Å². The SMILES string of the molecule is O=C(O)CCCC/C=C\CC1COC(C(F)(F)F)OC1c1ccccc1. The Kier molecular flexibility index (Phi) is 7.66. The van der Waals surface area contributed by atoms with Gasteiger partial charge in [-0.25, -0.2) is 0 Å². The summed E-state index contributed by atoms with van der Waals surface area (Å²) in [7, 11) is 0. The van der Waals surface area contributed by atoms with Crippen LogP contribution in [0.1, 0.15) is 43.8 Å². The van der Waals surface area contributed by atoms with Crippen LogP contribution in [0.25, 0.3) is 0 Å². The van der Waals surface area contributed by atoms with Gasteiger partial charge in [-0.1, -0.05) is 42.5 Å². The normalized spacial score (nSPS) is 24.0. The predicted octanol–water partition coefficient (Wildman–Crippen LogP) is 4.87. The van der Waals surface area contributed by atoms with E-state index in [-0.39, 0.29) is 18.9 Å². The Morgan fingerprint density at radius 1 is 1.19 bits per heavy atom. The van der Waals surface area contributed by atoms with E-state index in [1.54, 1.807) is 30.3 Å². The van der Waals surface area contributed by atoms with Crippen LogP contribution in [0, 0.1) is 5.92 Å². The number of benzene rings is 1. The van der Waals surface area contributed by atoms with Gasteiger partial charge in [-0.3, -0.25) is 4.79 Å². The molecule has 26 heavy (non-hydrogen) atoms. The average molecular weight is 372 g/mol. The van der Waals surface area contributed by atoms with Crippen molar-refractivity contribution in [3.8, 4) is 0 Å². The fourth-order valence-electron chi connectivity index (χ4n) is 2.87. The van der Waals surface area contributed by atoms with Crippen molar-refractivity contribution in [2.75, 3.05) is 6.61 Å². The lowest BCUT2D eigenvalue weighted by molar-refractivity contribution is -0.353. The molecule has 1 aliphatic heterocycles. The fraction of sp³-hybridized carbons (Fsp3) is 0.526. The zero-order chi connectivity index (χ0) is 19.0. The number of aliphatic carboxylic acids is 1. The van der Waals surface area contributed by atoms with Crippen molar-refractivity contribution in [2.45, 2.75) is 50.7 Å². The number of carboxylic acids is 1. The summed E-state index contributed by atoms with van der Waals surface area (Å²) in [5.41, 5.74) is 0.699. The van der Waals surface area contributed by atoms with Gasteiger partial charge in [0.25, 0.3) is 6.29 Å². The minimum atomic E-state index is -4.56. The van der Waals surface area contributed by atoms with E-state index >= 15 is 0 Å². The zero-order valence-electron chi connectivity index (χ0n) is 14.3. The molecular weight excluding hydrogens is 349 g/mol. The lowest BCUT2D eigenvalue weighted by atomic mass is 9.92. The summed E-state index contributed by atoms with van der Waals surface area (Å²) in [5, 5.41) is 8.58. The average Bonchev–Trinajstić information content (AvgIpc) is 2.60. The van der Waals surface area contributed by atoms with Crippen LogP contribution in [0.2, 0.25) is 0 Å². The molecule has 0 aliphatic carbocycles. The van der Waals surface area contributed by atoms with Gasteiger partial charge in [0.1, 0.15) is 0 Å². The fourth-order valence-corrected chi connectivity index (χ4v) is 2.87. The van der Waals surface area contributed by atoms with Crippen LogP contribution >= 0.6 is 0 Å². The summed E-state index contributed by atoms with van der Waals surface area (Å²) < 4.78 is 48.9. The largest absolute Gasteiger partial charge is 0.481 e. The molecule has 0 bridgehead atoms. The molecule has 1 aromatic rings. The van der Waals surface area contributed by atoms with Gasteiger partial charge < -0.3 is 14.6 Å². The van der Waals surface area contributed by atoms with E-state index in [4.69, 9.17) is 14.6 Å². The highest BCUT2D eigenvalue weighted by atomic mass is 19.4. The third-order valence-electron chi connectivity index (χ3n) is 4.17. The maximum Gasteiger partial charge on any atom is 0.440 e. The van der Waals surface area contributed by atoms with Gasteiger partial charge in [0, 0.05) is 12.3 Å². The van der Waals surface area contributed by atoms with Gasteiger partial charge in [-0.05, 0) is 31.2 Å². The molecule has 7 heteroatoms. The molecule has 0 aromatic heterocycles. The van der Waals surface area contributed by atoms with Crippen molar-refractivity contribution >= 4 is 5.97 Å². The molecule has 1 fully saturated rings. The minimum Gasteiger partial charge on any atom is -0.481 e. The van der Waals surface area contributed by atoms with Crippen LogP contribution in [0.15, 0.2) is 42.5 Å². The number of hydrogen-bond acceptors (Lipinski definition) is 3. The van der Waals surface area contributed by atoms with Crippen LogP contribution < -0.4 is 0 Å². The monoisotopic (exact) mass is 372 g/mol. The predicted molar refractivity (Wildman–Crippen MR) is 89.4 cm³/mol. The van der Waals surface area contributed by atoms with Crippen LogP contribution in [-0.2, 0) is 14.3 Å². The highest BCUT2D eigenvalue weighted by molar-refractivity contribution is 5.66. The first kappa shape index (κ1) is 20.5. The molecule has 0 saturated carbocycles. The van der Waals surface area contributed by atoms with E-state index in [0.717, 1.165) is 12.8 Å². The smallest absolute Gasteiger partial charge is 0.440 e. The van der Waals surface area contributed by atoms with Crippen molar-refractivity contribution in [2.24, 2.45) is 5.92 Å². The number of unbranched alkanes of at least 4 members (excludes halogenated alkanes) is 2. The number of hydrogen-bond donors (Lipinski definition) is 1. The molecule has 3 unspecified atom stereocenters. The molecule has 1 heterocycles. The van der Waals surface area contributed by atoms with Crippen LogP contribution in [0.5, 0.6) is 0 Å². The van der Waals surface area contributed by atoms with Crippen molar-refractivity contribution in [1.29, 1.82) is 0 Å². The second-order valence-electron chi connectivity index (χ2n) is 6.28. The third-order valence-corrected chi connectivity index (χ3v) is 4.17. The molecule has 1 saturated heterocycles. The standard InChI is InChI=1S/C19H23F3O4/c20-19(21,22)18-25-13-15(11-5-2-1-3-8-12-16(23)24)17(26-18)14-9-6-4-7-10-14/h2,4-7,9-10,15,17-18H,1,3,8,11-13H2,(H,23,24)/b5-2-. The summed E-state index contributed by atoms with van der Waals surface area (Å²) in [5.74, 6) is -1.03. The van der Waals surface area contributed by atoms with Gasteiger partial charge in [-0.2, -0.15) is 13.2 Å². The van der Waals surface area contributed by atoms with E-state index in [0.29, 0.717) is 18.4 Å². The number of rotatable bonds is 8. The molecule has 1 aromatic carbocycles. The summed E-state index contributed by atoms with van der Waals surface area (Å²) in [6, 6.07) is 8.85. The summed E-state index contributed by atoms with van der Waals surface area (Å²) >= 11 is 0. The lowest BCUT2D eigenvalue weighted by Gasteiger charge is -2.37. The number of alkyl halides is 3. The number of allylic oxidation sites excluding steroid dienone is 2. The van der Waals surface area contributed by atoms with Crippen LogP contribution in [0.4, 0.5) is 13.2 Å². The lowest BCUT2D eigenvalue weighted by Crippen LogP contribution is -2.43. The van der Waals surface area contributed by atoms with Gasteiger partial charge in [0.05, 0.1) is 12.7 Å². The third kappa shape index (κ3) is 6.46. The quantitative estimate of drug-likeness (QED) is 0.522. The maximum absolute atomic E-state index is 12.9. The van der Waals surface area contributed by atoms with E-state index in [1.807, 2.05) is 12.2 Å². The Labute approximate surface area is 150 Å². The molecule has 0 spiro atoms. The van der Waals surface area contributed by atoms with Crippen molar-refractivity contribution in [3.05, 3.63) is 48.0 Å². The highest BCUT2D eigenvalue weighted by Gasteiger charge is 2.47. The summed E-state index contributed by atoms with van der Waals surface area (Å²) in [6.45, 7) is -0.0346. The van der Waals surface area contributed by atoms with Crippen LogP contribution in [0.3, 0.4) is 0 Å². The van der Waals surface area contributed by atoms with Gasteiger partial charge in [0.2, 0.25) is 0 Å². The molecule has 1 aliphatic rings. The molecule has 2 rings (SSSR count). The number of ether oxygens (including phenoxy) is 2. The minimum absolute atomic E-state index is 0.0346. The van der Waals surface area contributed by atoms with E-state index in [2.05, 4.69) is 0 Å². The first-order valence-corrected chi connectivity index (χ1v) is 8.63. The number of carbonyl (C=O) groups is 1. The van der Waals surface area contributed by atoms with E-state index in [1.165, 1.54) is 0 Å². The van der Waals surface area contributed by atoms with E-state index in [9.17, 15) is 18.0 Å². The Morgan fingerprint density at radius 2 is 1.92 bits per heavy atom. The molecule has 1 N–H and O–H groups in total.